The fraction of sp³-hybridized carbons (Fsp3) is 0.471. The second-order valence-corrected chi connectivity index (χ2v) is 6.10. The van der Waals surface area contributed by atoms with Gasteiger partial charge < -0.3 is 19.8 Å². The minimum atomic E-state index is -2.33. The summed E-state index contributed by atoms with van der Waals surface area (Å²) in [5.74, 6) is -3.03. The van der Waals surface area contributed by atoms with E-state index < -0.39 is 23.6 Å². The molecule has 1 aromatic carbocycles. The van der Waals surface area contributed by atoms with Crippen molar-refractivity contribution < 1.29 is 29.3 Å². The van der Waals surface area contributed by atoms with Crippen molar-refractivity contribution in [1.82, 2.24) is 0 Å². The molecule has 0 atom stereocenters. The number of carbonyl (C=O) groups is 3. The molecule has 130 valence electrons. The first-order valence-corrected chi connectivity index (χ1v) is 7.80. The summed E-state index contributed by atoms with van der Waals surface area (Å²) in [7, 11) is 0. The van der Waals surface area contributed by atoms with Crippen molar-refractivity contribution in [2.45, 2.75) is 44.8 Å². The highest BCUT2D eigenvalue weighted by atomic mass is 16.6. The molecule has 24 heavy (non-hydrogen) atoms. The van der Waals surface area contributed by atoms with E-state index in [4.69, 9.17) is 4.74 Å². The first-order chi connectivity index (χ1) is 11.3. The number of amides is 1. The Morgan fingerprint density at radius 2 is 1.79 bits per heavy atom. The van der Waals surface area contributed by atoms with Gasteiger partial charge in [-0.15, -0.1) is 0 Å². The first-order valence-electron chi connectivity index (χ1n) is 7.80. The highest BCUT2D eigenvalue weighted by Gasteiger charge is 2.49. The standard InChI is InChI=1S/C17H21NO6/c1-11(2)24-17(15(20)21,16(22)23)10-12-5-7-13(8-6-12)18-9-3-4-14(18)19/h5-8,11H,3-4,9-10H2,1-2H3,(H,20,21)(H,22,23). The molecule has 0 spiro atoms. The van der Waals surface area contributed by atoms with Gasteiger partial charge in [0.2, 0.25) is 5.91 Å². The van der Waals surface area contributed by atoms with Crippen molar-refractivity contribution in [3.63, 3.8) is 0 Å². The van der Waals surface area contributed by atoms with Gasteiger partial charge >= 0.3 is 11.9 Å². The van der Waals surface area contributed by atoms with Crippen LogP contribution in [0, 0.1) is 0 Å². The van der Waals surface area contributed by atoms with E-state index in [-0.39, 0.29) is 12.3 Å². The van der Waals surface area contributed by atoms with Gasteiger partial charge in [-0.05, 0) is 38.0 Å². The quantitative estimate of drug-likeness (QED) is 0.735. The average molecular weight is 335 g/mol. The second-order valence-electron chi connectivity index (χ2n) is 6.10. The van der Waals surface area contributed by atoms with E-state index in [1.165, 1.54) is 0 Å². The first kappa shape index (κ1) is 17.9. The maximum absolute atomic E-state index is 11.7. The molecule has 1 heterocycles. The summed E-state index contributed by atoms with van der Waals surface area (Å²) in [5, 5.41) is 18.8. The van der Waals surface area contributed by atoms with Crippen LogP contribution in [0.4, 0.5) is 5.69 Å². The molecule has 1 fully saturated rings. The molecule has 0 aliphatic carbocycles. The van der Waals surface area contributed by atoms with Gasteiger partial charge in [0.25, 0.3) is 5.60 Å². The Labute approximate surface area is 139 Å². The third-order valence-corrected chi connectivity index (χ3v) is 3.90. The molecular formula is C17H21NO6. The van der Waals surface area contributed by atoms with E-state index in [0.29, 0.717) is 18.5 Å². The van der Waals surface area contributed by atoms with Crippen molar-refractivity contribution in [2.24, 2.45) is 0 Å². The number of carboxylic acids is 2. The smallest absolute Gasteiger partial charge is 0.348 e. The molecule has 0 unspecified atom stereocenters. The number of anilines is 1. The molecule has 1 saturated heterocycles. The van der Waals surface area contributed by atoms with Gasteiger partial charge in [0, 0.05) is 25.1 Å². The monoisotopic (exact) mass is 335 g/mol. The summed E-state index contributed by atoms with van der Waals surface area (Å²) < 4.78 is 5.25. The van der Waals surface area contributed by atoms with Gasteiger partial charge in [-0.1, -0.05) is 12.1 Å². The van der Waals surface area contributed by atoms with Crippen LogP contribution in [0.15, 0.2) is 24.3 Å². The summed E-state index contributed by atoms with van der Waals surface area (Å²) in [6.45, 7) is 3.83. The van der Waals surface area contributed by atoms with Gasteiger partial charge in [-0.2, -0.15) is 0 Å². The molecule has 1 aliphatic rings. The number of hydrogen-bond acceptors (Lipinski definition) is 4. The molecule has 0 bridgehead atoms. The molecule has 2 N–H and O–H groups in total. The van der Waals surface area contributed by atoms with Crippen molar-refractivity contribution in [3.05, 3.63) is 29.8 Å². The molecule has 0 aromatic heterocycles. The number of benzene rings is 1. The van der Waals surface area contributed by atoms with Crippen LogP contribution in [0.3, 0.4) is 0 Å². The predicted molar refractivity (Wildman–Crippen MR) is 86.0 cm³/mol. The number of ether oxygens (including phenoxy) is 1. The van der Waals surface area contributed by atoms with Crippen LogP contribution >= 0.6 is 0 Å². The molecule has 7 nitrogen and oxygen atoms in total. The van der Waals surface area contributed by atoms with E-state index in [1.54, 1.807) is 43.0 Å². The predicted octanol–water partition coefficient (Wildman–Crippen LogP) is 1.69. The summed E-state index contributed by atoms with van der Waals surface area (Å²) >= 11 is 0. The highest BCUT2D eigenvalue weighted by Crippen LogP contribution is 2.25. The van der Waals surface area contributed by atoms with Crippen molar-refractivity contribution in [1.29, 1.82) is 0 Å². The van der Waals surface area contributed by atoms with E-state index in [9.17, 15) is 24.6 Å². The zero-order chi connectivity index (χ0) is 17.9. The van der Waals surface area contributed by atoms with E-state index in [0.717, 1.165) is 12.1 Å². The lowest BCUT2D eigenvalue weighted by molar-refractivity contribution is -0.188. The molecule has 1 amide bonds. The lowest BCUT2D eigenvalue weighted by Crippen LogP contribution is -2.52. The fourth-order valence-electron chi connectivity index (χ4n) is 2.79. The SMILES string of the molecule is CC(C)OC(Cc1ccc(N2CCCC2=O)cc1)(C(=O)O)C(=O)O. The Morgan fingerprint density at radius 1 is 1.21 bits per heavy atom. The molecule has 0 saturated carbocycles. The Hall–Kier alpha value is -2.41. The number of aliphatic carboxylic acids is 2. The van der Waals surface area contributed by atoms with E-state index in [2.05, 4.69) is 0 Å². The van der Waals surface area contributed by atoms with Gasteiger partial charge in [-0.3, -0.25) is 4.79 Å². The van der Waals surface area contributed by atoms with Gasteiger partial charge in [0.1, 0.15) is 0 Å². The minimum absolute atomic E-state index is 0.0521. The number of carboxylic acid groups (broad SMARTS) is 2. The fourth-order valence-corrected chi connectivity index (χ4v) is 2.79. The Morgan fingerprint density at radius 3 is 2.21 bits per heavy atom. The van der Waals surface area contributed by atoms with Crippen molar-refractivity contribution in [3.8, 4) is 0 Å². The maximum Gasteiger partial charge on any atom is 0.348 e. The number of hydrogen-bond donors (Lipinski definition) is 2. The van der Waals surface area contributed by atoms with Crippen LogP contribution in [-0.2, 0) is 25.5 Å². The molecule has 1 aromatic rings. The number of nitrogens with zero attached hydrogens (tertiary/aromatic N) is 1. The summed E-state index contributed by atoms with van der Waals surface area (Å²) in [6.07, 6.45) is 0.470. The largest absolute Gasteiger partial charge is 0.479 e. The van der Waals surface area contributed by atoms with Gasteiger partial charge in [-0.25, -0.2) is 9.59 Å². The Kier molecular flexibility index (Phi) is 5.23. The van der Waals surface area contributed by atoms with Crippen LogP contribution in [0.2, 0.25) is 0 Å². The van der Waals surface area contributed by atoms with Crippen molar-refractivity contribution >= 4 is 23.5 Å². The van der Waals surface area contributed by atoms with Crippen LogP contribution < -0.4 is 4.90 Å². The molecular weight excluding hydrogens is 314 g/mol. The zero-order valence-electron chi connectivity index (χ0n) is 13.7. The van der Waals surface area contributed by atoms with Crippen LogP contribution in [0.25, 0.3) is 0 Å². The normalized spacial score (nSPS) is 15.1. The summed E-state index contributed by atoms with van der Waals surface area (Å²) in [4.78, 5) is 36.5. The van der Waals surface area contributed by atoms with Gasteiger partial charge in [0.15, 0.2) is 0 Å². The second kappa shape index (κ2) is 7.00. The topological polar surface area (TPSA) is 104 Å². The highest BCUT2D eigenvalue weighted by molar-refractivity contribution is 6.02. The molecule has 1 aliphatic heterocycles. The van der Waals surface area contributed by atoms with Crippen LogP contribution in [0.1, 0.15) is 32.3 Å². The number of rotatable bonds is 7. The minimum Gasteiger partial charge on any atom is -0.479 e. The zero-order valence-corrected chi connectivity index (χ0v) is 13.7. The lowest BCUT2D eigenvalue weighted by Gasteiger charge is -2.27. The molecule has 0 radical (unpaired) electrons. The third-order valence-electron chi connectivity index (χ3n) is 3.90. The average Bonchev–Trinajstić information content (AvgIpc) is 2.92. The molecule has 2 rings (SSSR count). The maximum atomic E-state index is 11.7. The van der Waals surface area contributed by atoms with Crippen LogP contribution in [0.5, 0.6) is 0 Å². The molecule has 7 heteroatoms. The third kappa shape index (κ3) is 3.56. The van der Waals surface area contributed by atoms with E-state index >= 15 is 0 Å². The lowest BCUT2D eigenvalue weighted by atomic mass is 9.93. The Balaban J connectivity index is 2.24. The Bertz CT molecular complexity index is 623. The van der Waals surface area contributed by atoms with Crippen LogP contribution in [-0.4, -0.2) is 46.3 Å². The van der Waals surface area contributed by atoms with E-state index in [1.807, 2.05) is 0 Å². The summed E-state index contributed by atoms with van der Waals surface area (Å²) in [5.41, 5.74) is -1.10. The van der Waals surface area contributed by atoms with Gasteiger partial charge in [0.05, 0.1) is 6.10 Å². The van der Waals surface area contributed by atoms with Crippen molar-refractivity contribution in [2.75, 3.05) is 11.4 Å². The summed E-state index contributed by atoms with van der Waals surface area (Å²) in [6, 6.07) is 6.65. The number of carbonyl (C=O) groups excluding carboxylic acids is 1.